The maximum absolute atomic E-state index is 11.0. The van der Waals surface area contributed by atoms with E-state index in [1.165, 1.54) is 14.0 Å². The van der Waals surface area contributed by atoms with Crippen LogP contribution >= 0.6 is 0 Å². The quantitative estimate of drug-likeness (QED) is 0.495. The number of aliphatic carboxylic acids is 1. The number of carbonyl (C=O) groups excluding carboxylic acids is 1. The van der Waals surface area contributed by atoms with Gasteiger partial charge in [0.05, 0.1) is 6.61 Å². The van der Waals surface area contributed by atoms with Gasteiger partial charge in [-0.2, -0.15) is 0 Å². The molecule has 0 aromatic heterocycles. The summed E-state index contributed by atoms with van der Waals surface area (Å²) in [5, 5.41) is 19.1. The number of carbonyl (C=O) groups is 2. The molecule has 0 aromatic rings. The predicted octanol–water partition coefficient (Wildman–Crippen LogP) is -1.42. The second-order valence-electron chi connectivity index (χ2n) is 2.46. The molecule has 0 fully saturated rings. The second-order valence-corrected chi connectivity index (χ2v) is 2.46. The molecule has 0 heterocycles. The standard InChI is InChI=1S/C7H13NO5/c1-4(13-2)6(10)8-5(3-9)7(11)12/h4-5,9H,3H2,1-2H3,(H,8,10)(H,11,12)/t4?,5-/m0/s1. The van der Waals surface area contributed by atoms with Gasteiger partial charge in [0.25, 0.3) is 0 Å². The summed E-state index contributed by atoms with van der Waals surface area (Å²) in [4.78, 5) is 21.4. The summed E-state index contributed by atoms with van der Waals surface area (Å²) in [6.45, 7) is 0.836. The Hall–Kier alpha value is -1.14. The van der Waals surface area contributed by atoms with Crippen LogP contribution in [0.25, 0.3) is 0 Å². The van der Waals surface area contributed by atoms with Crippen molar-refractivity contribution in [3.05, 3.63) is 0 Å². The van der Waals surface area contributed by atoms with Gasteiger partial charge >= 0.3 is 5.97 Å². The Balaban J connectivity index is 4.09. The van der Waals surface area contributed by atoms with E-state index >= 15 is 0 Å². The molecular weight excluding hydrogens is 178 g/mol. The van der Waals surface area contributed by atoms with Crippen molar-refractivity contribution >= 4 is 11.9 Å². The first-order valence-corrected chi connectivity index (χ1v) is 3.69. The molecule has 6 heteroatoms. The van der Waals surface area contributed by atoms with Crippen LogP contribution in [0.2, 0.25) is 0 Å². The highest BCUT2D eigenvalue weighted by molar-refractivity contribution is 5.86. The zero-order valence-electron chi connectivity index (χ0n) is 7.48. The van der Waals surface area contributed by atoms with Crippen molar-refractivity contribution in [3.63, 3.8) is 0 Å². The molecule has 0 saturated carbocycles. The number of carboxylic acid groups (broad SMARTS) is 1. The number of aliphatic hydroxyl groups is 1. The summed E-state index contributed by atoms with van der Waals surface area (Å²) in [5.41, 5.74) is 0. The fourth-order valence-corrected chi connectivity index (χ4v) is 0.582. The van der Waals surface area contributed by atoms with Crippen molar-refractivity contribution in [2.24, 2.45) is 0 Å². The van der Waals surface area contributed by atoms with Crippen molar-refractivity contribution in [1.29, 1.82) is 0 Å². The highest BCUT2D eigenvalue weighted by Gasteiger charge is 2.21. The average Bonchev–Trinajstić information content (AvgIpc) is 2.11. The molecule has 0 aliphatic heterocycles. The smallest absolute Gasteiger partial charge is 0.328 e. The Bertz CT molecular complexity index is 193. The van der Waals surface area contributed by atoms with E-state index in [2.05, 4.69) is 10.1 Å². The number of carboxylic acids is 1. The van der Waals surface area contributed by atoms with Gasteiger partial charge in [-0.05, 0) is 6.92 Å². The number of amides is 1. The van der Waals surface area contributed by atoms with Gasteiger partial charge in [0.2, 0.25) is 5.91 Å². The summed E-state index contributed by atoms with van der Waals surface area (Å²) >= 11 is 0. The molecule has 0 aliphatic rings. The minimum atomic E-state index is -1.28. The molecule has 0 aromatic carbocycles. The van der Waals surface area contributed by atoms with Crippen molar-refractivity contribution in [2.75, 3.05) is 13.7 Å². The molecule has 13 heavy (non-hydrogen) atoms. The van der Waals surface area contributed by atoms with Crippen LogP contribution in [-0.4, -0.2) is 48.0 Å². The molecule has 0 bridgehead atoms. The first-order valence-electron chi connectivity index (χ1n) is 3.69. The van der Waals surface area contributed by atoms with Gasteiger partial charge in [-0.3, -0.25) is 4.79 Å². The molecule has 3 N–H and O–H groups in total. The van der Waals surface area contributed by atoms with Gasteiger partial charge in [0.15, 0.2) is 0 Å². The third kappa shape index (κ3) is 3.86. The minimum absolute atomic E-state index is 0.566. The van der Waals surface area contributed by atoms with Crippen LogP contribution in [0, 0.1) is 0 Å². The molecule has 0 radical (unpaired) electrons. The fraction of sp³-hybridized carbons (Fsp3) is 0.714. The number of nitrogens with one attached hydrogen (secondary N) is 1. The summed E-state index contributed by atoms with van der Waals surface area (Å²) in [7, 11) is 1.33. The number of ether oxygens (including phenoxy) is 1. The molecule has 0 saturated heterocycles. The minimum Gasteiger partial charge on any atom is -0.480 e. The Morgan fingerprint density at radius 3 is 2.38 bits per heavy atom. The molecule has 0 rings (SSSR count). The average molecular weight is 191 g/mol. The van der Waals surface area contributed by atoms with E-state index in [1.807, 2.05) is 0 Å². The lowest BCUT2D eigenvalue weighted by atomic mass is 10.3. The number of methoxy groups -OCH3 is 1. The summed E-state index contributed by atoms with van der Waals surface area (Å²) in [6, 6.07) is -1.27. The van der Waals surface area contributed by atoms with Crippen LogP contribution in [0.1, 0.15) is 6.92 Å². The summed E-state index contributed by atoms with van der Waals surface area (Å²) in [5.74, 6) is -1.84. The van der Waals surface area contributed by atoms with Crippen LogP contribution in [0.15, 0.2) is 0 Å². The van der Waals surface area contributed by atoms with E-state index in [9.17, 15) is 9.59 Å². The SMILES string of the molecule is COC(C)C(=O)N[C@@H](CO)C(=O)O. The third-order valence-electron chi connectivity index (χ3n) is 1.52. The molecule has 2 atom stereocenters. The Kier molecular flexibility index (Phi) is 5.01. The van der Waals surface area contributed by atoms with Crippen LogP contribution in [0.4, 0.5) is 0 Å². The normalized spacial score (nSPS) is 14.7. The van der Waals surface area contributed by atoms with Gasteiger partial charge in [0, 0.05) is 7.11 Å². The lowest BCUT2D eigenvalue weighted by molar-refractivity contribution is -0.144. The maximum Gasteiger partial charge on any atom is 0.328 e. The Morgan fingerprint density at radius 1 is 1.54 bits per heavy atom. The van der Waals surface area contributed by atoms with Gasteiger partial charge in [0.1, 0.15) is 12.1 Å². The molecule has 6 nitrogen and oxygen atoms in total. The highest BCUT2D eigenvalue weighted by Crippen LogP contribution is 1.90. The van der Waals surface area contributed by atoms with E-state index in [4.69, 9.17) is 10.2 Å². The number of rotatable bonds is 5. The van der Waals surface area contributed by atoms with Crippen molar-refractivity contribution in [2.45, 2.75) is 19.1 Å². The van der Waals surface area contributed by atoms with Crippen LogP contribution in [0.5, 0.6) is 0 Å². The predicted molar refractivity (Wildman–Crippen MR) is 43.1 cm³/mol. The van der Waals surface area contributed by atoms with Crippen molar-refractivity contribution in [1.82, 2.24) is 5.32 Å². The van der Waals surface area contributed by atoms with E-state index < -0.39 is 30.6 Å². The topological polar surface area (TPSA) is 95.9 Å². The van der Waals surface area contributed by atoms with Gasteiger partial charge in [-0.25, -0.2) is 4.79 Å². The van der Waals surface area contributed by atoms with Gasteiger partial charge < -0.3 is 20.3 Å². The van der Waals surface area contributed by atoms with Crippen molar-refractivity contribution in [3.8, 4) is 0 Å². The van der Waals surface area contributed by atoms with E-state index in [-0.39, 0.29) is 0 Å². The fourth-order valence-electron chi connectivity index (χ4n) is 0.582. The lowest BCUT2D eigenvalue weighted by Gasteiger charge is -2.14. The Morgan fingerprint density at radius 2 is 2.08 bits per heavy atom. The number of hydrogen-bond acceptors (Lipinski definition) is 4. The molecule has 1 unspecified atom stereocenters. The zero-order chi connectivity index (χ0) is 10.4. The van der Waals surface area contributed by atoms with Crippen molar-refractivity contribution < 1.29 is 24.5 Å². The summed E-state index contributed by atoms with van der Waals surface area (Å²) in [6.07, 6.45) is -0.728. The zero-order valence-corrected chi connectivity index (χ0v) is 7.48. The van der Waals surface area contributed by atoms with Crippen LogP contribution in [-0.2, 0) is 14.3 Å². The van der Waals surface area contributed by atoms with E-state index in [0.717, 1.165) is 0 Å². The maximum atomic E-state index is 11.0. The molecule has 76 valence electrons. The van der Waals surface area contributed by atoms with Crippen LogP contribution in [0.3, 0.4) is 0 Å². The third-order valence-corrected chi connectivity index (χ3v) is 1.52. The number of hydrogen-bond donors (Lipinski definition) is 3. The molecule has 1 amide bonds. The first kappa shape index (κ1) is 11.9. The summed E-state index contributed by atoms with van der Waals surface area (Å²) < 4.78 is 4.65. The highest BCUT2D eigenvalue weighted by atomic mass is 16.5. The van der Waals surface area contributed by atoms with Gasteiger partial charge in [-0.1, -0.05) is 0 Å². The van der Waals surface area contributed by atoms with Gasteiger partial charge in [-0.15, -0.1) is 0 Å². The molecule has 0 spiro atoms. The monoisotopic (exact) mass is 191 g/mol. The largest absolute Gasteiger partial charge is 0.480 e. The lowest BCUT2D eigenvalue weighted by Crippen LogP contribution is -2.47. The second kappa shape index (κ2) is 5.50. The first-order chi connectivity index (χ1) is 6.02. The number of aliphatic hydroxyl groups excluding tert-OH is 1. The van der Waals surface area contributed by atoms with Crippen LogP contribution < -0.4 is 5.32 Å². The van der Waals surface area contributed by atoms with E-state index in [0.29, 0.717) is 0 Å². The molecule has 0 aliphatic carbocycles. The molecular formula is C7H13NO5. The van der Waals surface area contributed by atoms with E-state index in [1.54, 1.807) is 0 Å². The Labute approximate surface area is 75.5 Å².